The number of hydrogen-bond donors (Lipinski definition) is 4. The summed E-state index contributed by atoms with van der Waals surface area (Å²) in [5.74, 6) is 0.292. The SMILES string of the molecule is O=C1NCc2cc(Nc3ncc(-c4nnc(F)o4)c(N[C@H](CO)c4ccccc4)n3)ccc21. The van der Waals surface area contributed by atoms with E-state index < -0.39 is 12.2 Å². The lowest BCUT2D eigenvalue weighted by Gasteiger charge is -2.19. The van der Waals surface area contributed by atoms with Crippen LogP contribution in [0.1, 0.15) is 27.5 Å². The Bertz CT molecular complexity index is 1310. The number of carbonyl (C=O) groups excluding carboxylic acids is 1. The molecule has 0 radical (unpaired) electrons. The highest BCUT2D eigenvalue weighted by molar-refractivity contribution is 5.98. The first kappa shape index (κ1) is 20.5. The second kappa shape index (κ2) is 8.63. The first-order valence-electron chi connectivity index (χ1n) is 10.1. The number of rotatable bonds is 7. The summed E-state index contributed by atoms with van der Waals surface area (Å²) in [5.41, 5.74) is 3.29. The van der Waals surface area contributed by atoms with Crippen molar-refractivity contribution in [1.29, 1.82) is 0 Å². The van der Waals surface area contributed by atoms with Crippen LogP contribution in [0.15, 0.2) is 59.1 Å². The van der Waals surface area contributed by atoms with Crippen molar-refractivity contribution in [2.45, 2.75) is 12.6 Å². The molecule has 3 heterocycles. The van der Waals surface area contributed by atoms with Gasteiger partial charge in [0.2, 0.25) is 5.95 Å². The summed E-state index contributed by atoms with van der Waals surface area (Å²) in [4.78, 5) is 20.5. The summed E-state index contributed by atoms with van der Waals surface area (Å²) in [6, 6.07) is 14.1. The molecular formula is C22H18FN7O3. The van der Waals surface area contributed by atoms with Crippen LogP contribution in [0.2, 0.25) is 0 Å². The monoisotopic (exact) mass is 447 g/mol. The summed E-state index contributed by atoms with van der Waals surface area (Å²) in [5, 5.41) is 25.9. The molecule has 0 saturated carbocycles. The Morgan fingerprint density at radius 3 is 2.76 bits per heavy atom. The third-order valence-electron chi connectivity index (χ3n) is 5.16. The molecule has 2 aromatic heterocycles. The van der Waals surface area contributed by atoms with E-state index in [2.05, 4.69) is 36.1 Å². The third kappa shape index (κ3) is 4.21. The maximum Gasteiger partial charge on any atom is 0.402 e. The number of halogens is 1. The highest BCUT2D eigenvalue weighted by Crippen LogP contribution is 2.30. The van der Waals surface area contributed by atoms with E-state index in [-0.39, 0.29) is 35.7 Å². The minimum atomic E-state index is -1.08. The van der Waals surface area contributed by atoms with Gasteiger partial charge in [0.25, 0.3) is 11.8 Å². The van der Waals surface area contributed by atoms with Gasteiger partial charge in [0.05, 0.1) is 18.2 Å². The second-order valence-corrected chi connectivity index (χ2v) is 7.29. The number of fused-ring (bicyclic) bond motifs is 1. The van der Waals surface area contributed by atoms with E-state index in [1.165, 1.54) is 6.20 Å². The molecule has 0 unspecified atom stereocenters. The molecule has 0 spiro atoms. The molecule has 2 aromatic carbocycles. The van der Waals surface area contributed by atoms with Crippen LogP contribution in [0.25, 0.3) is 11.5 Å². The lowest BCUT2D eigenvalue weighted by molar-refractivity contribution is 0.0965. The Hall–Kier alpha value is -4.38. The number of aliphatic hydroxyl groups excluding tert-OH is 1. The quantitative estimate of drug-likeness (QED) is 0.337. The zero-order chi connectivity index (χ0) is 22.8. The molecule has 33 heavy (non-hydrogen) atoms. The van der Waals surface area contributed by atoms with Crippen molar-refractivity contribution in [2.24, 2.45) is 0 Å². The minimum Gasteiger partial charge on any atom is -0.394 e. The van der Waals surface area contributed by atoms with Gasteiger partial charge in [-0.25, -0.2) is 4.98 Å². The molecule has 1 amide bonds. The Labute approximate surface area is 186 Å². The van der Waals surface area contributed by atoms with Gasteiger partial charge in [0, 0.05) is 24.0 Å². The van der Waals surface area contributed by atoms with Crippen LogP contribution in [0.3, 0.4) is 0 Å². The number of amides is 1. The van der Waals surface area contributed by atoms with Crippen molar-refractivity contribution < 1.29 is 18.7 Å². The Balaban J connectivity index is 1.48. The summed E-state index contributed by atoms with van der Waals surface area (Å²) < 4.78 is 18.3. The van der Waals surface area contributed by atoms with Crippen molar-refractivity contribution in [3.8, 4) is 11.5 Å². The van der Waals surface area contributed by atoms with Gasteiger partial charge in [-0.3, -0.25) is 4.79 Å². The molecule has 0 fully saturated rings. The number of nitrogens with one attached hydrogen (secondary N) is 3. The van der Waals surface area contributed by atoms with Gasteiger partial charge in [-0.05, 0) is 29.3 Å². The van der Waals surface area contributed by atoms with Gasteiger partial charge in [-0.15, -0.1) is 9.49 Å². The van der Waals surface area contributed by atoms with Gasteiger partial charge < -0.3 is 25.5 Å². The molecule has 1 aliphatic heterocycles. The van der Waals surface area contributed by atoms with Crippen LogP contribution in [-0.2, 0) is 6.54 Å². The van der Waals surface area contributed by atoms with Gasteiger partial charge in [0.1, 0.15) is 5.82 Å². The van der Waals surface area contributed by atoms with Crippen LogP contribution in [0.5, 0.6) is 0 Å². The molecule has 4 N–H and O–H groups in total. The van der Waals surface area contributed by atoms with Gasteiger partial charge >= 0.3 is 6.14 Å². The number of hydrogen-bond acceptors (Lipinski definition) is 9. The lowest BCUT2D eigenvalue weighted by Crippen LogP contribution is -2.17. The highest BCUT2D eigenvalue weighted by atomic mass is 19.1. The van der Waals surface area contributed by atoms with E-state index in [9.17, 15) is 14.3 Å². The van der Waals surface area contributed by atoms with E-state index >= 15 is 0 Å². The number of benzene rings is 2. The van der Waals surface area contributed by atoms with E-state index in [1.54, 1.807) is 12.1 Å². The molecule has 10 nitrogen and oxygen atoms in total. The van der Waals surface area contributed by atoms with Gasteiger partial charge in [-0.1, -0.05) is 35.4 Å². The van der Waals surface area contributed by atoms with Gasteiger partial charge in [0.15, 0.2) is 0 Å². The summed E-state index contributed by atoms with van der Waals surface area (Å²) in [6.07, 6.45) is 0.337. The topological polar surface area (TPSA) is 138 Å². The number of anilines is 3. The fraction of sp³-hybridized carbons (Fsp3) is 0.136. The van der Waals surface area contributed by atoms with Crippen LogP contribution in [0, 0.1) is 6.14 Å². The number of aliphatic hydroxyl groups is 1. The zero-order valence-electron chi connectivity index (χ0n) is 17.1. The molecule has 4 aromatic rings. The average molecular weight is 447 g/mol. The number of aromatic nitrogens is 4. The molecule has 0 saturated heterocycles. The molecule has 1 aliphatic rings. The predicted molar refractivity (Wildman–Crippen MR) is 116 cm³/mol. The Morgan fingerprint density at radius 1 is 1.15 bits per heavy atom. The fourth-order valence-electron chi connectivity index (χ4n) is 3.55. The van der Waals surface area contributed by atoms with Crippen molar-refractivity contribution in [1.82, 2.24) is 25.5 Å². The standard InChI is InChI=1S/C22H18FN7O3/c23-21-30-29-20(33-21)16-10-25-22(26-14-6-7-15-13(8-14)9-24-19(15)32)28-18(16)27-17(11-31)12-4-2-1-3-5-12/h1-8,10,17,31H,9,11H2,(H,24,32)(H2,25,26,27,28)/t17-/m1/s1. The Kier molecular flexibility index (Phi) is 5.37. The summed E-state index contributed by atoms with van der Waals surface area (Å²) in [7, 11) is 0. The summed E-state index contributed by atoms with van der Waals surface area (Å²) >= 11 is 0. The van der Waals surface area contributed by atoms with Crippen molar-refractivity contribution in [3.05, 3.63) is 77.6 Å². The van der Waals surface area contributed by atoms with Crippen molar-refractivity contribution >= 4 is 23.4 Å². The number of carbonyl (C=O) groups is 1. The largest absolute Gasteiger partial charge is 0.402 e. The normalized spacial score (nSPS) is 13.3. The van der Waals surface area contributed by atoms with Crippen molar-refractivity contribution in [2.75, 3.05) is 17.2 Å². The van der Waals surface area contributed by atoms with E-state index in [1.807, 2.05) is 36.4 Å². The average Bonchev–Trinajstić information content (AvgIpc) is 3.43. The van der Waals surface area contributed by atoms with Crippen molar-refractivity contribution in [3.63, 3.8) is 0 Å². The highest BCUT2D eigenvalue weighted by Gasteiger charge is 2.21. The maximum absolute atomic E-state index is 13.4. The van der Waals surface area contributed by atoms with Crippen LogP contribution < -0.4 is 16.0 Å². The Morgan fingerprint density at radius 2 is 2.00 bits per heavy atom. The first-order valence-corrected chi connectivity index (χ1v) is 10.1. The molecular weight excluding hydrogens is 429 g/mol. The molecule has 0 aliphatic carbocycles. The number of nitrogens with zero attached hydrogens (tertiary/aromatic N) is 4. The smallest absolute Gasteiger partial charge is 0.394 e. The predicted octanol–water partition coefficient (Wildman–Crippen LogP) is 2.80. The minimum absolute atomic E-state index is 0.103. The first-order chi connectivity index (χ1) is 16.1. The van der Waals surface area contributed by atoms with Crippen LogP contribution in [0.4, 0.5) is 21.8 Å². The van der Waals surface area contributed by atoms with E-state index in [0.717, 1.165) is 11.1 Å². The second-order valence-electron chi connectivity index (χ2n) is 7.29. The molecule has 166 valence electrons. The maximum atomic E-state index is 13.4. The van der Waals surface area contributed by atoms with E-state index in [4.69, 9.17) is 4.42 Å². The fourth-order valence-corrected chi connectivity index (χ4v) is 3.55. The molecule has 1 atom stereocenters. The van der Waals surface area contributed by atoms with E-state index in [0.29, 0.717) is 17.8 Å². The zero-order valence-corrected chi connectivity index (χ0v) is 17.1. The van der Waals surface area contributed by atoms with Gasteiger partial charge in [-0.2, -0.15) is 4.98 Å². The summed E-state index contributed by atoms with van der Waals surface area (Å²) in [6.45, 7) is 0.231. The molecule has 5 rings (SSSR count). The lowest BCUT2D eigenvalue weighted by atomic mass is 10.1. The van der Waals surface area contributed by atoms with Crippen LogP contribution >= 0.6 is 0 Å². The molecule has 11 heteroatoms. The third-order valence-corrected chi connectivity index (χ3v) is 5.16. The molecule has 0 bridgehead atoms. The van der Waals surface area contributed by atoms with Crippen LogP contribution in [-0.4, -0.2) is 37.8 Å².